The van der Waals surface area contributed by atoms with E-state index in [4.69, 9.17) is 4.74 Å². The maximum atomic E-state index is 11.4. The Hall–Kier alpha value is -0.610. The van der Waals surface area contributed by atoms with E-state index in [9.17, 15) is 9.90 Å². The van der Waals surface area contributed by atoms with Crippen LogP contribution in [-0.2, 0) is 9.53 Å². The van der Waals surface area contributed by atoms with E-state index in [-0.39, 0.29) is 30.8 Å². The fourth-order valence-electron chi connectivity index (χ4n) is 1.73. The van der Waals surface area contributed by atoms with Gasteiger partial charge in [-0.25, -0.2) is 0 Å². The predicted molar refractivity (Wildman–Crippen MR) is 57.5 cm³/mol. The molecular weight excluding hydrogens is 194 g/mol. The summed E-state index contributed by atoms with van der Waals surface area (Å²) in [6.07, 6.45) is 3.23. The molecule has 0 aliphatic heterocycles. The zero-order chi connectivity index (χ0) is 11.3. The van der Waals surface area contributed by atoms with E-state index in [1.807, 2.05) is 13.8 Å². The molecule has 0 aromatic rings. The molecule has 0 aromatic heterocycles. The molecule has 0 heterocycles. The van der Waals surface area contributed by atoms with Crippen molar-refractivity contribution in [3.63, 3.8) is 0 Å². The molecule has 0 saturated heterocycles. The first kappa shape index (κ1) is 12.5. The van der Waals surface area contributed by atoms with E-state index >= 15 is 0 Å². The van der Waals surface area contributed by atoms with Crippen LogP contribution in [0.5, 0.6) is 0 Å². The monoisotopic (exact) mass is 215 g/mol. The van der Waals surface area contributed by atoms with Crippen molar-refractivity contribution in [1.29, 1.82) is 0 Å². The Kier molecular flexibility index (Phi) is 5.05. The third-order valence-electron chi connectivity index (χ3n) is 2.61. The summed E-state index contributed by atoms with van der Waals surface area (Å²) in [4.78, 5) is 11.4. The minimum atomic E-state index is -0.176. The molecule has 4 heteroatoms. The number of carbonyl (C=O) groups excluding carboxylic acids is 1. The quantitative estimate of drug-likeness (QED) is 0.730. The molecular formula is C11H21NO3. The van der Waals surface area contributed by atoms with Crippen LogP contribution in [0.4, 0.5) is 0 Å². The van der Waals surface area contributed by atoms with Crippen molar-refractivity contribution < 1.29 is 14.6 Å². The standard InChI is InChI=1S/C11H21NO3/c1-8(2)15-7-11(14)12-9-3-5-10(13)6-4-9/h8-10,13H,3-7H2,1-2H3,(H,12,14). The van der Waals surface area contributed by atoms with Crippen molar-refractivity contribution in [2.75, 3.05) is 6.61 Å². The minimum Gasteiger partial charge on any atom is -0.393 e. The molecule has 0 aromatic carbocycles. The lowest BCUT2D eigenvalue weighted by molar-refractivity contribution is -0.128. The summed E-state index contributed by atoms with van der Waals surface area (Å²) in [5.41, 5.74) is 0. The average molecular weight is 215 g/mol. The third kappa shape index (κ3) is 5.14. The summed E-state index contributed by atoms with van der Waals surface area (Å²) in [5.74, 6) is -0.0508. The second kappa shape index (κ2) is 6.08. The lowest BCUT2D eigenvalue weighted by Crippen LogP contribution is -2.40. The van der Waals surface area contributed by atoms with Crippen LogP contribution in [0.1, 0.15) is 39.5 Å². The SMILES string of the molecule is CC(C)OCC(=O)NC1CCC(O)CC1. The minimum absolute atomic E-state index is 0.0508. The van der Waals surface area contributed by atoms with Gasteiger partial charge in [0.05, 0.1) is 12.2 Å². The Morgan fingerprint density at radius 1 is 1.40 bits per heavy atom. The number of amides is 1. The number of aliphatic hydroxyl groups excluding tert-OH is 1. The Bertz CT molecular complexity index is 198. The lowest BCUT2D eigenvalue weighted by Gasteiger charge is -2.26. The fourth-order valence-corrected chi connectivity index (χ4v) is 1.73. The summed E-state index contributed by atoms with van der Waals surface area (Å²) in [6, 6.07) is 0.219. The van der Waals surface area contributed by atoms with Crippen LogP contribution in [-0.4, -0.2) is 35.9 Å². The first-order valence-corrected chi connectivity index (χ1v) is 5.67. The molecule has 0 spiro atoms. The molecule has 0 radical (unpaired) electrons. The van der Waals surface area contributed by atoms with E-state index < -0.39 is 0 Å². The summed E-state index contributed by atoms with van der Waals surface area (Å²) < 4.78 is 5.20. The highest BCUT2D eigenvalue weighted by molar-refractivity contribution is 5.77. The molecule has 1 rings (SSSR count). The first-order valence-electron chi connectivity index (χ1n) is 5.67. The van der Waals surface area contributed by atoms with E-state index in [1.165, 1.54) is 0 Å². The first-order chi connectivity index (χ1) is 7.08. The van der Waals surface area contributed by atoms with E-state index in [0.29, 0.717) is 0 Å². The van der Waals surface area contributed by atoms with Crippen molar-refractivity contribution in [2.45, 2.75) is 57.8 Å². The normalized spacial score (nSPS) is 26.7. The van der Waals surface area contributed by atoms with Gasteiger partial charge in [0.15, 0.2) is 0 Å². The largest absolute Gasteiger partial charge is 0.393 e. The topological polar surface area (TPSA) is 58.6 Å². The molecule has 1 aliphatic carbocycles. The second-order valence-corrected chi connectivity index (χ2v) is 4.43. The van der Waals surface area contributed by atoms with Gasteiger partial charge in [-0.2, -0.15) is 0 Å². The highest BCUT2D eigenvalue weighted by Gasteiger charge is 2.20. The van der Waals surface area contributed by atoms with Gasteiger partial charge in [0.25, 0.3) is 0 Å². The number of nitrogens with one attached hydrogen (secondary N) is 1. The van der Waals surface area contributed by atoms with Crippen LogP contribution < -0.4 is 5.32 Å². The van der Waals surface area contributed by atoms with Gasteiger partial charge < -0.3 is 15.2 Å². The lowest BCUT2D eigenvalue weighted by atomic mass is 9.93. The highest BCUT2D eigenvalue weighted by Crippen LogP contribution is 2.18. The number of rotatable bonds is 4. The summed E-state index contributed by atoms with van der Waals surface area (Å²) in [7, 11) is 0. The smallest absolute Gasteiger partial charge is 0.246 e. The van der Waals surface area contributed by atoms with Gasteiger partial charge in [0, 0.05) is 6.04 Å². The Balaban J connectivity index is 2.15. The number of carbonyl (C=O) groups is 1. The molecule has 88 valence electrons. The molecule has 1 saturated carbocycles. The third-order valence-corrected chi connectivity index (χ3v) is 2.61. The maximum absolute atomic E-state index is 11.4. The van der Waals surface area contributed by atoms with Crippen molar-refractivity contribution in [3.8, 4) is 0 Å². The van der Waals surface area contributed by atoms with Crippen LogP contribution in [0, 0.1) is 0 Å². The van der Waals surface area contributed by atoms with Gasteiger partial charge in [-0.15, -0.1) is 0 Å². The second-order valence-electron chi connectivity index (χ2n) is 4.43. The van der Waals surface area contributed by atoms with E-state index in [0.717, 1.165) is 25.7 Å². The zero-order valence-corrected chi connectivity index (χ0v) is 9.53. The van der Waals surface area contributed by atoms with Crippen molar-refractivity contribution in [2.24, 2.45) is 0 Å². The number of aliphatic hydroxyl groups is 1. The van der Waals surface area contributed by atoms with Crippen LogP contribution in [0.2, 0.25) is 0 Å². The zero-order valence-electron chi connectivity index (χ0n) is 9.53. The summed E-state index contributed by atoms with van der Waals surface area (Å²) >= 11 is 0. The average Bonchev–Trinajstić information content (AvgIpc) is 2.19. The summed E-state index contributed by atoms with van der Waals surface area (Å²) in [5, 5.41) is 12.2. The molecule has 0 atom stereocenters. The van der Waals surface area contributed by atoms with Crippen LogP contribution in [0.25, 0.3) is 0 Å². The number of hydrogen-bond acceptors (Lipinski definition) is 3. The molecule has 1 aliphatic rings. The van der Waals surface area contributed by atoms with Crippen LogP contribution in [0.15, 0.2) is 0 Å². The van der Waals surface area contributed by atoms with Gasteiger partial charge in [-0.1, -0.05) is 0 Å². The van der Waals surface area contributed by atoms with Crippen LogP contribution in [0.3, 0.4) is 0 Å². The Morgan fingerprint density at radius 2 is 2.00 bits per heavy atom. The molecule has 2 N–H and O–H groups in total. The number of ether oxygens (including phenoxy) is 1. The van der Waals surface area contributed by atoms with Crippen LogP contribution >= 0.6 is 0 Å². The number of hydrogen-bond donors (Lipinski definition) is 2. The predicted octanol–water partition coefficient (Wildman–Crippen LogP) is 0.831. The Labute approximate surface area is 91.0 Å². The molecule has 0 unspecified atom stereocenters. The molecule has 1 fully saturated rings. The van der Waals surface area contributed by atoms with Crippen molar-refractivity contribution >= 4 is 5.91 Å². The fraction of sp³-hybridized carbons (Fsp3) is 0.909. The Morgan fingerprint density at radius 3 is 2.53 bits per heavy atom. The molecule has 0 bridgehead atoms. The van der Waals surface area contributed by atoms with Gasteiger partial charge in [0.1, 0.15) is 6.61 Å². The molecule has 1 amide bonds. The van der Waals surface area contributed by atoms with Crippen molar-refractivity contribution in [3.05, 3.63) is 0 Å². The highest BCUT2D eigenvalue weighted by atomic mass is 16.5. The molecule has 4 nitrogen and oxygen atoms in total. The van der Waals surface area contributed by atoms with Gasteiger partial charge >= 0.3 is 0 Å². The van der Waals surface area contributed by atoms with Crippen molar-refractivity contribution in [1.82, 2.24) is 5.32 Å². The van der Waals surface area contributed by atoms with E-state index in [1.54, 1.807) is 0 Å². The van der Waals surface area contributed by atoms with Gasteiger partial charge in [-0.05, 0) is 39.5 Å². The van der Waals surface area contributed by atoms with Gasteiger partial charge in [0.2, 0.25) is 5.91 Å². The summed E-state index contributed by atoms with van der Waals surface area (Å²) in [6.45, 7) is 3.95. The van der Waals surface area contributed by atoms with Gasteiger partial charge in [-0.3, -0.25) is 4.79 Å². The maximum Gasteiger partial charge on any atom is 0.246 e. The van der Waals surface area contributed by atoms with E-state index in [2.05, 4.69) is 5.32 Å². The molecule has 15 heavy (non-hydrogen) atoms.